The van der Waals surface area contributed by atoms with E-state index in [4.69, 9.17) is 23.1 Å². The van der Waals surface area contributed by atoms with Gasteiger partial charge in [-0.05, 0) is 31.2 Å². The van der Waals surface area contributed by atoms with Crippen LogP contribution in [0.1, 0.15) is 24.4 Å². The van der Waals surface area contributed by atoms with Crippen LogP contribution in [0.15, 0.2) is 41.2 Å². The van der Waals surface area contributed by atoms with Crippen LogP contribution in [0.4, 0.5) is 26.4 Å². The Kier molecular flexibility index (Phi) is 5.53. The third-order valence-corrected chi connectivity index (χ3v) is 5.16. The maximum Gasteiger partial charge on any atom is 0.267 e. The van der Waals surface area contributed by atoms with Gasteiger partial charge in [0.25, 0.3) is 5.56 Å². The van der Waals surface area contributed by atoms with Gasteiger partial charge in [0.15, 0.2) is 5.82 Å². The Bertz CT molecular complexity index is 1500. The van der Waals surface area contributed by atoms with Crippen molar-refractivity contribution in [1.29, 1.82) is 5.26 Å². The number of para-hydroxylation sites is 1. The highest BCUT2D eigenvalue weighted by molar-refractivity contribution is 6.35. The minimum atomic E-state index is -0.980. The average molecular weight is 469 g/mol. The van der Waals surface area contributed by atoms with Crippen molar-refractivity contribution in [2.24, 2.45) is 0 Å². The molecular formula is C21H15ClF2N8O. The van der Waals surface area contributed by atoms with Gasteiger partial charge < -0.3 is 16.8 Å². The molecule has 33 heavy (non-hydrogen) atoms. The summed E-state index contributed by atoms with van der Waals surface area (Å²) < 4.78 is 30.3. The minimum Gasteiger partial charge on any atom is -0.382 e. The summed E-state index contributed by atoms with van der Waals surface area (Å²) >= 11 is 6.20. The summed E-state index contributed by atoms with van der Waals surface area (Å²) in [6.07, 6.45) is 0. The number of nitrogens with one attached hydrogen (secondary N) is 1. The lowest BCUT2D eigenvalue weighted by atomic mass is 10.2. The van der Waals surface area contributed by atoms with E-state index in [-0.39, 0.29) is 44.9 Å². The highest BCUT2D eigenvalue weighted by Gasteiger charge is 2.24. The molecule has 0 saturated heterocycles. The first kappa shape index (κ1) is 21.9. The number of hydrogen-bond donors (Lipinski definition) is 3. The first-order valence-corrected chi connectivity index (χ1v) is 9.86. The molecule has 2 aromatic heterocycles. The lowest BCUT2D eigenvalue weighted by Crippen LogP contribution is -2.29. The molecule has 9 nitrogen and oxygen atoms in total. The van der Waals surface area contributed by atoms with E-state index in [1.807, 2.05) is 6.07 Å². The Morgan fingerprint density at radius 1 is 1.12 bits per heavy atom. The van der Waals surface area contributed by atoms with Crippen molar-refractivity contribution in [3.8, 4) is 11.8 Å². The van der Waals surface area contributed by atoms with Gasteiger partial charge in [-0.15, -0.1) is 0 Å². The van der Waals surface area contributed by atoms with Gasteiger partial charge in [0, 0.05) is 0 Å². The monoisotopic (exact) mass is 468 g/mol. The number of anilines is 3. The first-order chi connectivity index (χ1) is 15.7. The molecule has 5 N–H and O–H groups in total. The molecule has 4 rings (SSSR count). The summed E-state index contributed by atoms with van der Waals surface area (Å²) in [4.78, 5) is 25.6. The fourth-order valence-electron chi connectivity index (χ4n) is 3.40. The molecule has 166 valence electrons. The van der Waals surface area contributed by atoms with Crippen molar-refractivity contribution in [2.45, 2.75) is 13.0 Å². The molecule has 2 heterocycles. The topological polar surface area (TPSA) is 149 Å². The molecular weight excluding hydrogens is 454 g/mol. The molecule has 0 spiro atoms. The Morgan fingerprint density at radius 2 is 1.79 bits per heavy atom. The van der Waals surface area contributed by atoms with Crippen LogP contribution in [0.3, 0.4) is 0 Å². The molecule has 12 heteroatoms. The van der Waals surface area contributed by atoms with Crippen LogP contribution in [0.5, 0.6) is 0 Å². The molecule has 0 fully saturated rings. The van der Waals surface area contributed by atoms with E-state index >= 15 is 0 Å². The number of rotatable bonds is 4. The van der Waals surface area contributed by atoms with Crippen LogP contribution >= 0.6 is 11.6 Å². The molecule has 0 radical (unpaired) electrons. The van der Waals surface area contributed by atoms with E-state index in [9.17, 15) is 18.8 Å². The number of aromatic nitrogens is 4. The largest absolute Gasteiger partial charge is 0.382 e. The number of fused-ring (bicyclic) bond motifs is 1. The zero-order chi connectivity index (χ0) is 23.9. The summed E-state index contributed by atoms with van der Waals surface area (Å²) in [5.41, 5.74) is 10.1. The zero-order valence-corrected chi connectivity index (χ0v) is 17.7. The molecule has 1 atom stereocenters. The summed E-state index contributed by atoms with van der Waals surface area (Å²) in [6.45, 7) is 1.56. The Labute approximate surface area is 190 Å². The number of halogens is 3. The van der Waals surface area contributed by atoms with Crippen LogP contribution in [0.2, 0.25) is 5.02 Å². The van der Waals surface area contributed by atoms with Gasteiger partial charge >= 0.3 is 0 Å². The Balaban J connectivity index is 2.00. The smallest absolute Gasteiger partial charge is 0.267 e. The second-order valence-electron chi connectivity index (χ2n) is 6.98. The number of benzene rings is 2. The summed E-state index contributed by atoms with van der Waals surface area (Å²) in [5, 5.41) is 12.4. The highest BCUT2D eigenvalue weighted by Crippen LogP contribution is 2.28. The Hall–Kier alpha value is -4.30. The molecule has 2 aromatic carbocycles. The summed E-state index contributed by atoms with van der Waals surface area (Å²) in [5.74, 6) is -2.42. The third kappa shape index (κ3) is 3.77. The summed E-state index contributed by atoms with van der Waals surface area (Å²) in [6, 6.07) is 8.78. The number of nitrogen functional groups attached to an aromatic ring is 2. The SMILES string of the molecule is C[C@H](Nc1nc(N)nc(N)c1C#N)c1nc2cccc(Cl)c2c(=O)n1-c1c(F)cccc1F. The lowest BCUT2D eigenvalue weighted by Gasteiger charge is -2.21. The molecule has 0 aliphatic heterocycles. The summed E-state index contributed by atoms with van der Waals surface area (Å²) in [7, 11) is 0. The van der Waals surface area contributed by atoms with Crippen LogP contribution in [-0.2, 0) is 0 Å². The van der Waals surface area contributed by atoms with Gasteiger partial charge in [-0.3, -0.25) is 9.36 Å². The van der Waals surface area contributed by atoms with Gasteiger partial charge in [0.2, 0.25) is 5.95 Å². The van der Waals surface area contributed by atoms with Gasteiger partial charge in [0.05, 0.1) is 22.0 Å². The van der Waals surface area contributed by atoms with Gasteiger partial charge in [0.1, 0.15) is 40.6 Å². The number of nitriles is 1. The molecule has 0 aliphatic rings. The number of hydrogen-bond acceptors (Lipinski definition) is 8. The predicted octanol–water partition coefficient (Wildman–Crippen LogP) is 3.32. The van der Waals surface area contributed by atoms with Crippen molar-refractivity contribution in [3.05, 3.63) is 74.8 Å². The average Bonchev–Trinajstić information content (AvgIpc) is 2.74. The van der Waals surface area contributed by atoms with E-state index in [1.54, 1.807) is 19.1 Å². The second-order valence-corrected chi connectivity index (χ2v) is 7.39. The van der Waals surface area contributed by atoms with Crippen LogP contribution < -0.4 is 22.3 Å². The standard InChI is InChI=1S/C21H15ClF2N8O/c1-9(28-18-10(8-25)17(26)30-21(27)31-18)19-29-14-7-2-4-11(22)15(14)20(33)32(19)16-12(23)5-3-6-13(16)24/h2-7,9H,1H3,(H5,26,27,28,30,31)/t9-/m0/s1. The van der Waals surface area contributed by atoms with Gasteiger partial charge in [-0.25, -0.2) is 13.8 Å². The van der Waals surface area contributed by atoms with Crippen LogP contribution in [-0.4, -0.2) is 19.5 Å². The lowest BCUT2D eigenvalue weighted by molar-refractivity contribution is 0.558. The normalized spacial score (nSPS) is 11.8. The van der Waals surface area contributed by atoms with E-state index < -0.39 is 28.9 Å². The molecule has 0 amide bonds. The van der Waals surface area contributed by atoms with Crippen molar-refractivity contribution in [1.82, 2.24) is 19.5 Å². The zero-order valence-electron chi connectivity index (χ0n) is 17.0. The first-order valence-electron chi connectivity index (χ1n) is 9.48. The van der Waals surface area contributed by atoms with E-state index in [0.29, 0.717) is 0 Å². The predicted molar refractivity (Wildman–Crippen MR) is 120 cm³/mol. The van der Waals surface area contributed by atoms with E-state index in [0.717, 1.165) is 16.7 Å². The minimum absolute atomic E-state index is 0.00833. The maximum atomic E-state index is 14.7. The molecule has 0 aliphatic carbocycles. The molecule has 0 unspecified atom stereocenters. The van der Waals surface area contributed by atoms with Gasteiger partial charge in [-0.2, -0.15) is 15.2 Å². The van der Waals surface area contributed by atoms with E-state index in [2.05, 4.69) is 20.3 Å². The third-order valence-electron chi connectivity index (χ3n) is 4.84. The second kappa shape index (κ2) is 8.33. The molecule has 0 bridgehead atoms. The number of nitrogens with two attached hydrogens (primary N) is 2. The molecule has 0 saturated carbocycles. The van der Waals surface area contributed by atoms with Crippen LogP contribution in [0, 0.1) is 23.0 Å². The number of nitrogens with zero attached hydrogens (tertiary/aromatic N) is 5. The van der Waals surface area contributed by atoms with Gasteiger partial charge in [-0.1, -0.05) is 23.7 Å². The molecule has 4 aromatic rings. The van der Waals surface area contributed by atoms with Crippen molar-refractivity contribution < 1.29 is 8.78 Å². The fraction of sp³-hybridized carbons (Fsp3) is 0.0952. The van der Waals surface area contributed by atoms with Crippen molar-refractivity contribution in [2.75, 3.05) is 16.8 Å². The van der Waals surface area contributed by atoms with Crippen LogP contribution in [0.25, 0.3) is 16.6 Å². The van der Waals surface area contributed by atoms with E-state index in [1.165, 1.54) is 12.1 Å². The fourth-order valence-corrected chi connectivity index (χ4v) is 3.65. The quantitative estimate of drug-likeness (QED) is 0.413. The maximum absolute atomic E-state index is 14.7. The highest BCUT2D eigenvalue weighted by atomic mass is 35.5. The van der Waals surface area contributed by atoms with Crippen molar-refractivity contribution in [3.63, 3.8) is 0 Å². The Morgan fingerprint density at radius 3 is 2.45 bits per heavy atom. The van der Waals surface area contributed by atoms with Crippen molar-refractivity contribution >= 4 is 40.1 Å².